The molecule has 0 bridgehead atoms. The number of alkyl halides is 2. The summed E-state index contributed by atoms with van der Waals surface area (Å²) in [6, 6.07) is 16.1. The highest BCUT2D eigenvalue weighted by Crippen LogP contribution is 2.14. The molecule has 0 radical (unpaired) electrons. The van der Waals surface area contributed by atoms with Crippen LogP contribution in [0, 0.1) is 0 Å². The van der Waals surface area contributed by atoms with Crippen LogP contribution in [0.3, 0.4) is 0 Å². The van der Waals surface area contributed by atoms with E-state index in [1.54, 1.807) is 0 Å². The Hall–Kier alpha value is -0.300. The van der Waals surface area contributed by atoms with Crippen molar-refractivity contribution in [2.45, 2.75) is 0 Å². The third-order valence-corrected chi connectivity index (χ3v) is 5.02. The minimum absolute atomic E-state index is 0.647. The fourth-order valence-corrected chi connectivity index (χ4v) is 3.13. The van der Waals surface area contributed by atoms with Gasteiger partial charge in [0.25, 0.3) is 0 Å². The number of halogens is 4. The second-order valence-electron chi connectivity index (χ2n) is 4.37. The highest BCUT2D eigenvalue weighted by molar-refractivity contribution is 9.11. The Labute approximate surface area is 163 Å². The molecule has 0 heterocycles. The number of hydrogen-bond acceptors (Lipinski definition) is 2. The van der Waals surface area contributed by atoms with E-state index < -0.39 is 0 Å². The van der Waals surface area contributed by atoms with Crippen LogP contribution in [0.25, 0.3) is 0 Å². The highest BCUT2D eigenvalue weighted by atomic mass is 79.9. The Bertz CT molecular complexity index is 615. The lowest BCUT2D eigenvalue weighted by atomic mass is 10.1. The summed E-state index contributed by atoms with van der Waals surface area (Å²) in [5, 5.41) is 10.1. The molecular weight excluding hydrogens is 540 g/mol. The van der Waals surface area contributed by atoms with Gasteiger partial charge in [-0.15, -0.1) is 0 Å². The molecule has 0 N–H and O–H groups in total. The van der Waals surface area contributed by atoms with E-state index in [1.807, 2.05) is 48.5 Å². The first-order valence-corrected chi connectivity index (χ1v) is 10.2. The highest BCUT2D eigenvalue weighted by Gasteiger charge is 2.04. The standard InChI is InChI=1S/C16H12Br4N2/c17-9-15(11-1-5-13(19)6-2-11)21-22-16(10-18)12-3-7-14(20)8-4-12/h1-8H,9-10H2/b21-15+,22-16+. The first kappa shape index (κ1) is 18.0. The van der Waals surface area contributed by atoms with Crippen LogP contribution in [0.5, 0.6) is 0 Å². The zero-order chi connectivity index (χ0) is 15.9. The molecule has 0 atom stereocenters. The molecule has 0 aromatic heterocycles. The van der Waals surface area contributed by atoms with Crippen LogP contribution < -0.4 is 0 Å². The van der Waals surface area contributed by atoms with E-state index in [1.165, 1.54) is 0 Å². The van der Waals surface area contributed by atoms with Crippen molar-refractivity contribution >= 4 is 75.1 Å². The zero-order valence-corrected chi connectivity index (χ0v) is 17.8. The average molecular weight is 552 g/mol. The summed E-state index contributed by atoms with van der Waals surface area (Å²) in [5.74, 6) is 0. The SMILES string of the molecule is BrC/C(=N\N=C(/CBr)c1ccc(Br)cc1)c1ccc(Br)cc1. The van der Waals surface area contributed by atoms with Crippen molar-refractivity contribution in [3.05, 3.63) is 68.6 Å². The van der Waals surface area contributed by atoms with Gasteiger partial charge in [-0.25, -0.2) is 0 Å². The summed E-state index contributed by atoms with van der Waals surface area (Å²) in [6.07, 6.45) is 0. The number of hydrogen-bond donors (Lipinski definition) is 0. The van der Waals surface area contributed by atoms with Gasteiger partial charge in [-0.1, -0.05) is 88.0 Å². The van der Waals surface area contributed by atoms with Gasteiger partial charge in [-0.05, 0) is 35.4 Å². The van der Waals surface area contributed by atoms with Crippen LogP contribution in [0.15, 0.2) is 67.7 Å². The maximum atomic E-state index is 4.41. The number of rotatable bonds is 5. The number of nitrogens with zero attached hydrogens (tertiary/aromatic N) is 2. The van der Waals surface area contributed by atoms with Gasteiger partial charge in [-0.2, -0.15) is 10.2 Å². The topological polar surface area (TPSA) is 24.7 Å². The molecule has 0 spiro atoms. The van der Waals surface area contributed by atoms with E-state index in [2.05, 4.69) is 73.9 Å². The minimum Gasteiger partial charge on any atom is -0.154 e. The Morgan fingerprint density at radius 3 is 1.23 bits per heavy atom. The molecule has 0 saturated heterocycles. The molecule has 2 aromatic carbocycles. The predicted molar refractivity (Wildman–Crippen MR) is 109 cm³/mol. The van der Waals surface area contributed by atoms with Crippen LogP contribution in [0.1, 0.15) is 11.1 Å². The van der Waals surface area contributed by atoms with E-state index in [-0.39, 0.29) is 0 Å². The van der Waals surface area contributed by atoms with Crippen LogP contribution in [-0.4, -0.2) is 22.1 Å². The van der Waals surface area contributed by atoms with Crippen molar-refractivity contribution in [1.29, 1.82) is 0 Å². The van der Waals surface area contributed by atoms with Gasteiger partial charge in [0.05, 0.1) is 11.4 Å². The average Bonchev–Trinajstić information content (AvgIpc) is 2.54. The summed E-state index contributed by atoms with van der Waals surface area (Å²) in [4.78, 5) is 0. The molecule has 0 fully saturated rings. The Kier molecular flexibility index (Phi) is 7.47. The van der Waals surface area contributed by atoms with Crippen molar-refractivity contribution < 1.29 is 0 Å². The zero-order valence-electron chi connectivity index (χ0n) is 11.4. The lowest BCUT2D eigenvalue weighted by molar-refractivity contribution is 1.22. The van der Waals surface area contributed by atoms with E-state index in [4.69, 9.17) is 0 Å². The number of benzene rings is 2. The van der Waals surface area contributed by atoms with Gasteiger partial charge in [-0.3, -0.25) is 0 Å². The molecule has 6 heteroatoms. The van der Waals surface area contributed by atoms with Gasteiger partial charge in [0, 0.05) is 19.6 Å². The Balaban J connectivity index is 2.31. The molecule has 114 valence electrons. The smallest absolute Gasteiger partial charge is 0.0808 e. The van der Waals surface area contributed by atoms with E-state index in [9.17, 15) is 0 Å². The summed E-state index contributed by atoms with van der Waals surface area (Å²) >= 11 is 13.8. The van der Waals surface area contributed by atoms with Crippen LogP contribution in [0.2, 0.25) is 0 Å². The molecule has 0 aliphatic carbocycles. The van der Waals surface area contributed by atoms with E-state index in [0.29, 0.717) is 10.7 Å². The molecule has 2 nitrogen and oxygen atoms in total. The van der Waals surface area contributed by atoms with Crippen molar-refractivity contribution in [2.75, 3.05) is 10.7 Å². The molecular formula is C16H12Br4N2. The third-order valence-electron chi connectivity index (χ3n) is 2.90. The first-order valence-electron chi connectivity index (χ1n) is 6.41. The Morgan fingerprint density at radius 1 is 0.636 bits per heavy atom. The first-order chi connectivity index (χ1) is 10.6. The van der Waals surface area contributed by atoms with Crippen molar-refractivity contribution in [1.82, 2.24) is 0 Å². The summed E-state index contributed by atoms with van der Waals surface area (Å²) in [6.45, 7) is 0. The van der Waals surface area contributed by atoms with Crippen LogP contribution in [-0.2, 0) is 0 Å². The molecule has 0 aliphatic rings. The molecule has 22 heavy (non-hydrogen) atoms. The molecule has 2 aromatic rings. The van der Waals surface area contributed by atoms with E-state index >= 15 is 0 Å². The largest absolute Gasteiger partial charge is 0.154 e. The van der Waals surface area contributed by atoms with Gasteiger partial charge < -0.3 is 0 Å². The second-order valence-corrected chi connectivity index (χ2v) is 7.33. The van der Waals surface area contributed by atoms with Gasteiger partial charge >= 0.3 is 0 Å². The molecule has 0 amide bonds. The van der Waals surface area contributed by atoms with Gasteiger partial charge in [0.15, 0.2) is 0 Å². The van der Waals surface area contributed by atoms with Gasteiger partial charge in [0.2, 0.25) is 0 Å². The summed E-state index contributed by atoms with van der Waals surface area (Å²) in [5.41, 5.74) is 3.88. The maximum absolute atomic E-state index is 4.41. The van der Waals surface area contributed by atoms with Crippen molar-refractivity contribution in [2.24, 2.45) is 10.2 Å². The molecule has 0 aliphatic heterocycles. The van der Waals surface area contributed by atoms with E-state index in [0.717, 1.165) is 31.5 Å². The minimum atomic E-state index is 0.647. The molecule has 0 saturated carbocycles. The fraction of sp³-hybridized carbons (Fsp3) is 0.125. The second kappa shape index (κ2) is 9.11. The third kappa shape index (κ3) is 5.11. The molecule has 2 rings (SSSR count). The monoisotopic (exact) mass is 548 g/mol. The lowest BCUT2D eigenvalue weighted by Gasteiger charge is -2.04. The summed E-state index contributed by atoms with van der Waals surface area (Å²) in [7, 11) is 0. The predicted octanol–water partition coefficient (Wildman–Crippen LogP) is 6.19. The quantitative estimate of drug-likeness (QED) is 0.240. The van der Waals surface area contributed by atoms with Gasteiger partial charge in [0.1, 0.15) is 0 Å². The normalized spacial score (nSPS) is 12.5. The maximum Gasteiger partial charge on any atom is 0.0808 e. The lowest BCUT2D eigenvalue weighted by Crippen LogP contribution is -2.05. The van der Waals surface area contributed by atoms with Crippen molar-refractivity contribution in [3.8, 4) is 0 Å². The molecule has 0 unspecified atom stereocenters. The summed E-state index contributed by atoms with van der Waals surface area (Å²) < 4.78 is 2.09. The van der Waals surface area contributed by atoms with Crippen molar-refractivity contribution in [3.63, 3.8) is 0 Å². The van der Waals surface area contributed by atoms with Crippen LogP contribution >= 0.6 is 63.7 Å². The van der Waals surface area contributed by atoms with Crippen LogP contribution in [0.4, 0.5) is 0 Å². The fourth-order valence-electron chi connectivity index (χ4n) is 1.73. The Morgan fingerprint density at radius 2 is 0.955 bits per heavy atom.